The normalized spacial score (nSPS) is 35.4. The summed E-state index contributed by atoms with van der Waals surface area (Å²) in [5.41, 5.74) is 0. The van der Waals surface area contributed by atoms with Crippen molar-refractivity contribution in [2.24, 2.45) is 17.8 Å². The molecule has 0 spiro atoms. The summed E-state index contributed by atoms with van der Waals surface area (Å²) >= 11 is 0. The van der Waals surface area contributed by atoms with Crippen LogP contribution < -0.4 is 0 Å². The Bertz CT molecular complexity index is 357. The maximum Gasteiger partial charge on any atom is 0.307 e. The van der Waals surface area contributed by atoms with Gasteiger partial charge in [0, 0.05) is 20.2 Å². The molecule has 1 aliphatic carbocycles. The molecule has 0 aromatic rings. The number of nitrogens with zero attached hydrogens (tertiary/aromatic N) is 1. The highest BCUT2D eigenvalue weighted by molar-refractivity contribution is 5.85. The largest absolute Gasteiger partial charge is 0.481 e. The standard InChI is InChI=1S/C14H23NO4/c1-9-6-11(12(7-9)14(17)18)13(16)15-5-3-4-10(8-15)19-2/h9-12H,3-8H2,1-2H3,(H,17,18)/t9?,10?,11-,12+/m0/s1. The zero-order valence-electron chi connectivity index (χ0n) is 11.7. The van der Waals surface area contributed by atoms with Gasteiger partial charge in [0.25, 0.3) is 0 Å². The fourth-order valence-corrected chi connectivity index (χ4v) is 3.40. The van der Waals surface area contributed by atoms with Crippen molar-refractivity contribution in [3.8, 4) is 0 Å². The predicted molar refractivity (Wildman–Crippen MR) is 69.6 cm³/mol. The molecule has 0 bridgehead atoms. The molecular formula is C14H23NO4. The molecule has 2 rings (SSSR count). The van der Waals surface area contributed by atoms with Crippen LogP contribution in [0.15, 0.2) is 0 Å². The van der Waals surface area contributed by atoms with E-state index in [1.165, 1.54) is 0 Å². The molecule has 2 aliphatic rings. The summed E-state index contributed by atoms with van der Waals surface area (Å²) < 4.78 is 5.32. The summed E-state index contributed by atoms with van der Waals surface area (Å²) in [7, 11) is 1.66. The van der Waals surface area contributed by atoms with E-state index in [-0.39, 0.29) is 17.9 Å². The van der Waals surface area contributed by atoms with Crippen LogP contribution in [0.1, 0.15) is 32.6 Å². The summed E-state index contributed by atoms with van der Waals surface area (Å²) in [4.78, 5) is 25.6. The number of amides is 1. The van der Waals surface area contributed by atoms with Gasteiger partial charge in [0.15, 0.2) is 0 Å². The predicted octanol–water partition coefficient (Wildman–Crippen LogP) is 1.37. The first-order valence-corrected chi connectivity index (χ1v) is 7.07. The first-order chi connectivity index (χ1) is 9.02. The van der Waals surface area contributed by atoms with Gasteiger partial charge in [0.1, 0.15) is 0 Å². The molecular weight excluding hydrogens is 246 g/mol. The second kappa shape index (κ2) is 5.90. The second-order valence-electron chi connectivity index (χ2n) is 5.91. The maximum atomic E-state index is 12.5. The van der Waals surface area contributed by atoms with Crippen LogP contribution in [-0.2, 0) is 14.3 Å². The summed E-state index contributed by atoms with van der Waals surface area (Å²) in [6.07, 6.45) is 3.32. The molecule has 19 heavy (non-hydrogen) atoms. The smallest absolute Gasteiger partial charge is 0.307 e. The van der Waals surface area contributed by atoms with E-state index in [4.69, 9.17) is 4.74 Å². The summed E-state index contributed by atoms with van der Waals surface area (Å²) in [5.74, 6) is -1.35. The van der Waals surface area contributed by atoms with Gasteiger partial charge in [-0.2, -0.15) is 0 Å². The summed E-state index contributed by atoms with van der Waals surface area (Å²) in [6, 6.07) is 0. The molecule has 1 saturated heterocycles. The fraction of sp³-hybridized carbons (Fsp3) is 0.857. The molecule has 2 unspecified atom stereocenters. The number of aliphatic carboxylic acids is 1. The molecule has 108 valence electrons. The number of carboxylic acids is 1. The van der Waals surface area contributed by atoms with E-state index in [0.717, 1.165) is 19.4 Å². The van der Waals surface area contributed by atoms with Crippen LogP contribution in [0.5, 0.6) is 0 Å². The fourth-order valence-electron chi connectivity index (χ4n) is 3.40. The third-order valence-corrected chi connectivity index (χ3v) is 4.46. The van der Waals surface area contributed by atoms with Gasteiger partial charge in [-0.1, -0.05) is 6.92 Å². The Morgan fingerprint density at radius 1 is 1.26 bits per heavy atom. The molecule has 1 saturated carbocycles. The lowest BCUT2D eigenvalue weighted by molar-refractivity contribution is -0.150. The average molecular weight is 269 g/mol. The zero-order chi connectivity index (χ0) is 14.0. The Labute approximate surface area is 113 Å². The van der Waals surface area contributed by atoms with Crippen molar-refractivity contribution < 1.29 is 19.4 Å². The molecule has 5 heteroatoms. The molecule has 0 aromatic carbocycles. The van der Waals surface area contributed by atoms with Crippen molar-refractivity contribution in [3.05, 3.63) is 0 Å². The van der Waals surface area contributed by atoms with Crippen LogP contribution in [0.25, 0.3) is 0 Å². The van der Waals surface area contributed by atoms with Gasteiger partial charge >= 0.3 is 5.97 Å². The lowest BCUT2D eigenvalue weighted by atomic mass is 9.93. The highest BCUT2D eigenvalue weighted by Gasteiger charge is 2.43. The number of carbonyl (C=O) groups excluding carboxylic acids is 1. The van der Waals surface area contributed by atoms with Crippen molar-refractivity contribution in [3.63, 3.8) is 0 Å². The van der Waals surface area contributed by atoms with Crippen LogP contribution in [0.4, 0.5) is 0 Å². The van der Waals surface area contributed by atoms with E-state index in [9.17, 15) is 14.7 Å². The van der Waals surface area contributed by atoms with Gasteiger partial charge in [0.2, 0.25) is 5.91 Å². The topological polar surface area (TPSA) is 66.8 Å². The molecule has 0 aromatic heterocycles. The minimum Gasteiger partial charge on any atom is -0.481 e. The van der Waals surface area contributed by atoms with E-state index < -0.39 is 11.9 Å². The third kappa shape index (κ3) is 3.08. The van der Waals surface area contributed by atoms with Crippen molar-refractivity contribution >= 4 is 11.9 Å². The Morgan fingerprint density at radius 2 is 1.95 bits per heavy atom. The molecule has 0 radical (unpaired) electrons. The minimum atomic E-state index is -0.831. The lowest BCUT2D eigenvalue weighted by Crippen LogP contribution is -2.46. The SMILES string of the molecule is COC1CCCN(C(=O)[C@H]2CC(C)C[C@H]2C(=O)O)C1. The van der Waals surface area contributed by atoms with E-state index in [2.05, 4.69) is 0 Å². The number of carboxylic acid groups (broad SMARTS) is 1. The molecule has 2 fully saturated rings. The van der Waals surface area contributed by atoms with Crippen molar-refractivity contribution in [2.75, 3.05) is 20.2 Å². The number of ether oxygens (including phenoxy) is 1. The number of rotatable bonds is 3. The number of likely N-dealkylation sites (tertiary alicyclic amines) is 1. The highest BCUT2D eigenvalue weighted by Crippen LogP contribution is 2.38. The van der Waals surface area contributed by atoms with Crippen LogP contribution >= 0.6 is 0 Å². The molecule has 1 N–H and O–H groups in total. The number of carbonyl (C=O) groups is 2. The van der Waals surface area contributed by atoms with Crippen molar-refractivity contribution in [1.29, 1.82) is 0 Å². The highest BCUT2D eigenvalue weighted by atomic mass is 16.5. The van der Waals surface area contributed by atoms with Gasteiger partial charge in [-0.15, -0.1) is 0 Å². The maximum absolute atomic E-state index is 12.5. The Balaban J connectivity index is 2.03. The lowest BCUT2D eigenvalue weighted by Gasteiger charge is -2.34. The van der Waals surface area contributed by atoms with Crippen molar-refractivity contribution in [2.45, 2.75) is 38.7 Å². The first kappa shape index (κ1) is 14.3. The van der Waals surface area contributed by atoms with E-state index in [1.807, 2.05) is 6.92 Å². The van der Waals surface area contributed by atoms with Gasteiger partial charge in [0.05, 0.1) is 17.9 Å². The first-order valence-electron chi connectivity index (χ1n) is 7.07. The Morgan fingerprint density at radius 3 is 2.58 bits per heavy atom. The van der Waals surface area contributed by atoms with Gasteiger partial charge in [-0.05, 0) is 31.6 Å². The van der Waals surface area contributed by atoms with E-state index in [1.54, 1.807) is 12.0 Å². The molecule has 1 heterocycles. The van der Waals surface area contributed by atoms with Crippen LogP contribution in [-0.4, -0.2) is 48.2 Å². The zero-order valence-corrected chi connectivity index (χ0v) is 11.7. The van der Waals surface area contributed by atoms with Crippen LogP contribution in [0, 0.1) is 17.8 Å². The molecule has 4 atom stereocenters. The number of hydrogen-bond acceptors (Lipinski definition) is 3. The third-order valence-electron chi connectivity index (χ3n) is 4.46. The van der Waals surface area contributed by atoms with Gasteiger partial charge < -0.3 is 14.7 Å². The minimum absolute atomic E-state index is 0.0125. The number of piperidine rings is 1. The van der Waals surface area contributed by atoms with E-state index in [0.29, 0.717) is 25.3 Å². The summed E-state index contributed by atoms with van der Waals surface area (Å²) in [6.45, 7) is 3.36. The summed E-state index contributed by atoms with van der Waals surface area (Å²) in [5, 5.41) is 9.25. The molecule has 1 aliphatic heterocycles. The number of hydrogen-bond donors (Lipinski definition) is 1. The monoisotopic (exact) mass is 269 g/mol. The Kier molecular flexibility index (Phi) is 4.45. The van der Waals surface area contributed by atoms with Crippen LogP contribution in [0.2, 0.25) is 0 Å². The molecule has 5 nitrogen and oxygen atoms in total. The van der Waals surface area contributed by atoms with Gasteiger partial charge in [-0.25, -0.2) is 0 Å². The number of methoxy groups -OCH3 is 1. The van der Waals surface area contributed by atoms with Crippen LogP contribution in [0.3, 0.4) is 0 Å². The average Bonchev–Trinajstić information content (AvgIpc) is 2.80. The van der Waals surface area contributed by atoms with E-state index >= 15 is 0 Å². The molecule has 1 amide bonds. The quantitative estimate of drug-likeness (QED) is 0.840. The van der Waals surface area contributed by atoms with Gasteiger partial charge in [-0.3, -0.25) is 9.59 Å². The van der Waals surface area contributed by atoms with Crippen molar-refractivity contribution in [1.82, 2.24) is 4.90 Å². The second-order valence-corrected chi connectivity index (χ2v) is 5.91. The Hall–Kier alpha value is -1.10.